The molecule has 0 bridgehead atoms. The summed E-state index contributed by atoms with van der Waals surface area (Å²) in [5.41, 5.74) is 4.47. The molecular formula is C24H23BN2O2. The molecule has 0 amide bonds. The molecule has 0 aliphatic carbocycles. The van der Waals surface area contributed by atoms with E-state index in [4.69, 9.17) is 9.31 Å². The summed E-state index contributed by atoms with van der Waals surface area (Å²) < 4.78 is 12.3. The summed E-state index contributed by atoms with van der Waals surface area (Å²) in [6.45, 7) is 8.29. The van der Waals surface area contributed by atoms with Gasteiger partial charge in [0.1, 0.15) is 0 Å². The third-order valence-corrected chi connectivity index (χ3v) is 6.23. The van der Waals surface area contributed by atoms with Crippen molar-refractivity contribution >= 4 is 34.4 Å². The van der Waals surface area contributed by atoms with Gasteiger partial charge in [0.15, 0.2) is 0 Å². The molecule has 0 spiro atoms. The van der Waals surface area contributed by atoms with Gasteiger partial charge in [-0.3, -0.25) is 9.97 Å². The predicted octanol–water partition coefficient (Wildman–Crippen LogP) is 4.75. The first kappa shape index (κ1) is 18.3. The molecule has 2 aromatic carbocycles. The predicted molar refractivity (Wildman–Crippen MR) is 118 cm³/mol. The Morgan fingerprint density at radius 3 is 2.14 bits per heavy atom. The van der Waals surface area contributed by atoms with Crippen molar-refractivity contribution < 1.29 is 9.31 Å². The summed E-state index contributed by atoms with van der Waals surface area (Å²) in [6.07, 6.45) is 3.67. The molecule has 4 aromatic rings. The minimum atomic E-state index is -0.351. The van der Waals surface area contributed by atoms with E-state index in [1.165, 1.54) is 0 Å². The van der Waals surface area contributed by atoms with E-state index < -0.39 is 0 Å². The molecule has 0 atom stereocenters. The molecule has 1 aliphatic rings. The monoisotopic (exact) mass is 382 g/mol. The third kappa shape index (κ3) is 2.93. The third-order valence-electron chi connectivity index (χ3n) is 6.23. The quantitative estimate of drug-likeness (QED) is 0.371. The first-order chi connectivity index (χ1) is 13.9. The summed E-state index contributed by atoms with van der Waals surface area (Å²) in [5.74, 6) is 0. The zero-order valence-electron chi connectivity index (χ0n) is 17.1. The minimum absolute atomic E-state index is 0.342. The Morgan fingerprint density at radius 2 is 1.41 bits per heavy atom. The Morgan fingerprint density at radius 1 is 0.724 bits per heavy atom. The second-order valence-electron chi connectivity index (χ2n) is 8.61. The maximum atomic E-state index is 6.17. The van der Waals surface area contributed by atoms with E-state index in [9.17, 15) is 0 Å². The van der Waals surface area contributed by atoms with Gasteiger partial charge in [0.2, 0.25) is 0 Å². The number of pyridine rings is 2. The Hall–Kier alpha value is -2.76. The SMILES string of the molecule is CC1(C)OB(c2ccc(-c3ccnc4c3ccc3cccnc34)cc2)OC1(C)C. The largest absolute Gasteiger partial charge is 0.494 e. The van der Waals surface area contributed by atoms with Gasteiger partial charge in [-0.2, -0.15) is 0 Å². The van der Waals surface area contributed by atoms with Crippen LogP contribution in [0.3, 0.4) is 0 Å². The van der Waals surface area contributed by atoms with Crippen LogP contribution >= 0.6 is 0 Å². The van der Waals surface area contributed by atoms with Crippen molar-refractivity contribution in [3.63, 3.8) is 0 Å². The first-order valence-corrected chi connectivity index (χ1v) is 9.94. The van der Waals surface area contributed by atoms with Gasteiger partial charge in [0.25, 0.3) is 0 Å². The van der Waals surface area contributed by atoms with Gasteiger partial charge in [0, 0.05) is 23.2 Å². The van der Waals surface area contributed by atoms with Gasteiger partial charge in [-0.05, 0) is 56.4 Å². The Labute approximate surface area is 171 Å². The van der Waals surface area contributed by atoms with Crippen LogP contribution in [-0.4, -0.2) is 28.3 Å². The van der Waals surface area contributed by atoms with Crippen LogP contribution in [0.2, 0.25) is 0 Å². The van der Waals surface area contributed by atoms with Crippen LogP contribution in [-0.2, 0) is 9.31 Å². The summed E-state index contributed by atoms with van der Waals surface area (Å²) in [7, 11) is -0.351. The van der Waals surface area contributed by atoms with Crippen LogP contribution < -0.4 is 5.46 Å². The molecule has 0 unspecified atom stereocenters. The molecule has 1 saturated heterocycles. The Balaban J connectivity index is 1.54. The number of aromatic nitrogens is 2. The highest BCUT2D eigenvalue weighted by atomic mass is 16.7. The fourth-order valence-corrected chi connectivity index (χ4v) is 3.80. The fourth-order valence-electron chi connectivity index (χ4n) is 3.80. The summed E-state index contributed by atoms with van der Waals surface area (Å²) >= 11 is 0. The number of nitrogens with zero attached hydrogens (tertiary/aromatic N) is 2. The van der Waals surface area contributed by atoms with Crippen LogP contribution in [0.15, 0.2) is 67.0 Å². The highest BCUT2D eigenvalue weighted by molar-refractivity contribution is 6.62. The van der Waals surface area contributed by atoms with Crippen molar-refractivity contribution in [2.75, 3.05) is 0 Å². The van der Waals surface area contributed by atoms with Gasteiger partial charge >= 0.3 is 7.12 Å². The second kappa shape index (κ2) is 6.38. The topological polar surface area (TPSA) is 44.2 Å². The summed E-state index contributed by atoms with van der Waals surface area (Å²) in [4.78, 5) is 9.15. The lowest BCUT2D eigenvalue weighted by Gasteiger charge is -2.32. The van der Waals surface area contributed by atoms with Crippen molar-refractivity contribution in [3.05, 3.63) is 67.0 Å². The van der Waals surface area contributed by atoms with Crippen LogP contribution in [0, 0.1) is 0 Å². The van der Waals surface area contributed by atoms with Gasteiger partial charge in [0.05, 0.1) is 22.2 Å². The van der Waals surface area contributed by atoms with Gasteiger partial charge in [-0.15, -0.1) is 0 Å². The highest BCUT2D eigenvalue weighted by Gasteiger charge is 2.51. The molecule has 3 heterocycles. The van der Waals surface area contributed by atoms with Crippen LogP contribution in [0.1, 0.15) is 27.7 Å². The van der Waals surface area contributed by atoms with Crippen molar-refractivity contribution in [3.8, 4) is 11.1 Å². The molecule has 1 aliphatic heterocycles. The van der Waals surface area contributed by atoms with Crippen LogP contribution in [0.4, 0.5) is 0 Å². The number of rotatable bonds is 2. The molecule has 4 nitrogen and oxygen atoms in total. The molecule has 0 radical (unpaired) electrons. The Bertz CT molecular complexity index is 1200. The van der Waals surface area contributed by atoms with Crippen LogP contribution in [0.25, 0.3) is 32.9 Å². The molecular weight excluding hydrogens is 359 g/mol. The molecule has 144 valence electrons. The van der Waals surface area contributed by atoms with E-state index in [1.54, 1.807) is 0 Å². The molecule has 5 rings (SSSR count). The maximum Gasteiger partial charge on any atom is 0.494 e. The van der Waals surface area contributed by atoms with Crippen LogP contribution in [0.5, 0.6) is 0 Å². The van der Waals surface area contributed by atoms with E-state index in [-0.39, 0.29) is 18.3 Å². The number of fused-ring (bicyclic) bond motifs is 3. The molecule has 0 N–H and O–H groups in total. The van der Waals surface area contributed by atoms with Gasteiger partial charge in [-0.1, -0.05) is 42.5 Å². The smallest absolute Gasteiger partial charge is 0.399 e. The molecule has 1 fully saturated rings. The average Bonchev–Trinajstić information content (AvgIpc) is 2.94. The van der Waals surface area contributed by atoms with Gasteiger partial charge < -0.3 is 9.31 Å². The zero-order valence-corrected chi connectivity index (χ0v) is 17.1. The molecule has 0 saturated carbocycles. The number of hydrogen-bond donors (Lipinski definition) is 0. The summed E-state index contributed by atoms with van der Waals surface area (Å²) in [5, 5.41) is 2.20. The maximum absolute atomic E-state index is 6.17. The minimum Gasteiger partial charge on any atom is -0.399 e. The molecule has 29 heavy (non-hydrogen) atoms. The molecule has 5 heteroatoms. The van der Waals surface area contributed by atoms with E-state index >= 15 is 0 Å². The Kier molecular flexibility index (Phi) is 4.02. The number of benzene rings is 2. The lowest BCUT2D eigenvalue weighted by Crippen LogP contribution is -2.41. The van der Waals surface area contributed by atoms with Crippen molar-refractivity contribution in [1.29, 1.82) is 0 Å². The highest BCUT2D eigenvalue weighted by Crippen LogP contribution is 2.37. The van der Waals surface area contributed by atoms with Crippen molar-refractivity contribution in [2.24, 2.45) is 0 Å². The average molecular weight is 382 g/mol. The summed E-state index contributed by atoms with van der Waals surface area (Å²) in [6, 6.07) is 18.7. The normalized spacial score (nSPS) is 17.9. The number of hydrogen-bond acceptors (Lipinski definition) is 4. The van der Waals surface area contributed by atoms with E-state index in [0.717, 1.165) is 38.4 Å². The van der Waals surface area contributed by atoms with Crippen molar-refractivity contribution in [1.82, 2.24) is 9.97 Å². The molecule has 2 aromatic heterocycles. The van der Waals surface area contributed by atoms with E-state index in [0.29, 0.717) is 0 Å². The first-order valence-electron chi connectivity index (χ1n) is 9.94. The van der Waals surface area contributed by atoms with Crippen molar-refractivity contribution in [2.45, 2.75) is 38.9 Å². The van der Waals surface area contributed by atoms with E-state index in [2.05, 4.69) is 86.2 Å². The lowest BCUT2D eigenvalue weighted by atomic mass is 9.78. The van der Waals surface area contributed by atoms with Gasteiger partial charge in [-0.25, -0.2) is 0 Å². The second-order valence-corrected chi connectivity index (χ2v) is 8.61. The fraction of sp³-hybridized carbons (Fsp3) is 0.250. The zero-order chi connectivity index (χ0) is 20.2. The lowest BCUT2D eigenvalue weighted by molar-refractivity contribution is 0.00578. The standard InChI is InChI=1S/C24H23BN2O2/c1-23(2)24(3,4)29-25(28-23)18-10-7-16(8-11-18)19-13-15-27-22-20(19)12-9-17-6-5-14-26-21(17)22/h5-15H,1-4H3. The van der Waals surface area contributed by atoms with E-state index in [1.807, 2.05) is 18.5 Å².